The van der Waals surface area contributed by atoms with E-state index in [0.29, 0.717) is 62.7 Å². The third-order valence-corrected chi connectivity index (χ3v) is 5.54. The number of carbonyl (C=O) groups is 3. The van der Waals surface area contributed by atoms with E-state index in [9.17, 15) is 14.4 Å². The van der Waals surface area contributed by atoms with Crippen LogP contribution in [0.15, 0.2) is 18.2 Å². The van der Waals surface area contributed by atoms with Gasteiger partial charge in [0.25, 0.3) is 0 Å². The van der Waals surface area contributed by atoms with E-state index in [4.69, 9.17) is 14.2 Å². The first-order chi connectivity index (χ1) is 16.4. The first-order valence-electron chi connectivity index (χ1n) is 12.4. The Morgan fingerprint density at radius 1 is 1.00 bits per heavy atom. The van der Waals surface area contributed by atoms with Crippen LogP contribution >= 0.6 is 0 Å². The maximum atomic E-state index is 11.7. The Morgan fingerprint density at radius 3 is 2.06 bits per heavy atom. The number of hydrogen-bond donors (Lipinski definition) is 1. The predicted molar refractivity (Wildman–Crippen MR) is 139 cm³/mol. The third kappa shape index (κ3) is 13.0. The second-order valence-electron chi connectivity index (χ2n) is 10.2. The van der Waals surface area contributed by atoms with Crippen LogP contribution in [0.2, 0.25) is 0 Å². The van der Waals surface area contributed by atoms with Crippen molar-refractivity contribution in [1.82, 2.24) is 0 Å². The lowest BCUT2D eigenvalue weighted by Crippen LogP contribution is -2.27. The summed E-state index contributed by atoms with van der Waals surface area (Å²) in [5.41, 5.74) is 1.77. The highest BCUT2D eigenvalue weighted by molar-refractivity contribution is 5.90. The van der Waals surface area contributed by atoms with Crippen molar-refractivity contribution in [3.8, 4) is 5.75 Å². The zero-order valence-electron chi connectivity index (χ0n) is 22.6. The van der Waals surface area contributed by atoms with E-state index in [1.54, 1.807) is 0 Å². The number of esters is 2. The molecule has 0 aromatic heterocycles. The molecule has 8 heteroatoms. The minimum absolute atomic E-state index is 0.170. The van der Waals surface area contributed by atoms with Gasteiger partial charge < -0.3 is 24.4 Å². The van der Waals surface area contributed by atoms with Gasteiger partial charge in [0.15, 0.2) is 0 Å². The molecule has 0 bridgehead atoms. The predicted octanol–water partition coefficient (Wildman–Crippen LogP) is 5.20. The zero-order chi connectivity index (χ0) is 26.4. The Bertz CT molecular complexity index is 796. The number of nitrogens with zero attached hydrogens (tertiary/aromatic N) is 1. The Kier molecular flexibility index (Phi) is 13.2. The van der Waals surface area contributed by atoms with Gasteiger partial charge in [-0.25, -0.2) is 0 Å². The van der Waals surface area contributed by atoms with E-state index in [-0.39, 0.29) is 23.3 Å². The summed E-state index contributed by atoms with van der Waals surface area (Å²) < 4.78 is 15.6. The molecule has 1 aromatic carbocycles. The lowest BCUT2D eigenvalue weighted by Gasteiger charge is -2.26. The van der Waals surface area contributed by atoms with Crippen molar-refractivity contribution in [3.05, 3.63) is 18.2 Å². The molecule has 0 aliphatic rings. The molecule has 0 aliphatic carbocycles. The summed E-state index contributed by atoms with van der Waals surface area (Å²) in [4.78, 5) is 37.0. The van der Waals surface area contributed by atoms with Crippen LogP contribution in [0.5, 0.6) is 5.75 Å². The molecule has 0 radical (unpaired) electrons. The molecular formula is C27H44N2O6. The quantitative estimate of drug-likeness (QED) is 0.336. The highest BCUT2D eigenvalue weighted by atomic mass is 16.5. The molecule has 1 rings (SSSR count). The fraction of sp³-hybridized carbons (Fsp3) is 0.667. The number of nitrogens with one attached hydrogen (secondary N) is 1. The molecule has 0 fully saturated rings. The Morgan fingerprint density at radius 2 is 1.57 bits per heavy atom. The van der Waals surface area contributed by atoms with Crippen LogP contribution in [0.25, 0.3) is 0 Å². The maximum absolute atomic E-state index is 11.7. The van der Waals surface area contributed by atoms with Gasteiger partial charge in [0.1, 0.15) is 5.75 Å². The number of rotatable bonds is 15. The van der Waals surface area contributed by atoms with Crippen LogP contribution in [0.1, 0.15) is 73.1 Å². The summed E-state index contributed by atoms with van der Waals surface area (Å²) in [5, 5.41) is 2.84. The molecule has 198 valence electrons. The van der Waals surface area contributed by atoms with Gasteiger partial charge in [0, 0.05) is 44.6 Å². The first-order valence-corrected chi connectivity index (χ1v) is 12.4. The van der Waals surface area contributed by atoms with Gasteiger partial charge in [-0.2, -0.15) is 0 Å². The second-order valence-corrected chi connectivity index (χ2v) is 10.2. The number of hydrogen-bond acceptors (Lipinski definition) is 7. The molecule has 35 heavy (non-hydrogen) atoms. The van der Waals surface area contributed by atoms with Crippen LogP contribution in [0.4, 0.5) is 11.4 Å². The fourth-order valence-electron chi connectivity index (χ4n) is 4.04. The van der Waals surface area contributed by atoms with Crippen molar-refractivity contribution in [2.45, 2.75) is 73.1 Å². The van der Waals surface area contributed by atoms with E-state index in [1.807, 2.05) is 18.2 Å². The lowest BCUT2D eigenvalue weighted by atomic mass is 9.84. The summed E-state index contributed by atoms with van der Waals surface area (Å²) in [6, 6.07) is 5.66. The van der Waals surface area contributed by atoms with Gasteiger partial charge >= 0.3 is 11.9 Å². The van der Waals surface area contributed by atoms with Crippen molar-refractivity contribution in [2.75, 3.05) is 44.1 Å². The number of ether oxygens (including phenoxy) is 3. The van der Waals surface area contributed by atoms with E-state index in [0.717, 1.165) is 18.5 Å². The monoisotopic (exact) mass is 492 g/mol. The molecule has 8 nitrogen and oxygen atoms in total. The molecule has 0 heterocycles. The van der Waals surface area contributed by atoms with Crippen molar-refractivity contribution >= 4 is 29.2 Å². The van der Waals surface area contributed by atoms with Crippen molar-refractivity contribution in [1.29, 1.82) is 0 Å². The molecule has 0 saturated carbocycles. The smallest absolute Gasteiger partial charge is 0.305 e. The standard InChI is InChI=1S/C27H44N2O6/c1-20(19-27(3,4)5)14-17-35-24-18-22(12-13-23(24)28-21(2)30)29(15-8-10-25(31)33-6)16-9-11-26(32)34-7/h12-13,18,20H,8-11,14-17,19H2,1-7H3,(H,28,30). The highest BCUT2D eigenvalue weighted by Crippen LogP contribution is 2.32. The number of amides is 1. The zero-order valence-corrected chi connectivity index (χ0v) is 22.6. The number of benzene rings is 1. The number of anilines is 2. The van der Waals surface area contributed by atoms with Crippen molar-refractivity contribution in [3.63, 3.8) is 0 Å². The third-order valence-electron chi connectivity index (χ3n) is 5.54. The van der Waals surface area contributed by atoms with Crippen LogP contribution in [0, 0.1) is 11.3 Å². The molecule has 1 atom stereocenters. The summed E-state index contributed by atoms with van der Waals surface area (Å²) in [7, 11) is 2.76. The average molecular weight is 493 g/mol. The Labute approximate surface area is 210 Å². The lowest BCUT2D eigenvalue weighted by molar-refractivity contribution is -0.141. The minimum Gasteiger partial charge on any atom is -0.491 e. The average Bonchev–Trinajstić information content (AvgIpc) is 2.77. The molecule has 1 amide bonds. The first kappa shape index (κ1) is 30.3. The maximum Gasteiger partial charge on any atom is 0.305 e. The van der Waals surface area contributed by atoms with Gasteiger partial charge in [-0.3, -0.25) is 14.4 Å². The van der Waals surface area contributed by atoms with E-state index in [1.165, 1.54) is 21.1 Å². The van der Waals surface area contributed by atoms with Gasteiger partial charge in [-0.05, 0) is 49.1 Å². The molecule has 1 unspecified atom stereocenters. The number of carbonyl (C=O) groups excluding carboxylic acids is 3. The SMILES string of the molecule is COC(=O)CCCN(CCCC(=O)OC)c1ccc(NC(C)=O)c(OCCC(C)CC(C)(C)C)c1. The van der Waals surface area contributed by atoms with E-state index >= 15 is 0 Å². The van der Waals surface area contributed by atoms with Gasteiger partial charge in [-0.15, -0.1) is 0 Å². The Hall–Kier alpha value is -2.77. The van der Waals surface area contributed by atoms with Gasteiger partial charge in [0.05, 0.1) is 26.5 Å². The normalized spacial score (nSPS) is 12.0. The second kappa shape index (κ2) is 15.3. The summed E-state index contributed by atoms with van der Waals surface area (Å²) in [5.74, 6) is 0.432. The fourth-order valence-corrected chi connectivity index (χ4v) is 4.04. The van der Waals surface area contributed by atoms with E-state index < -0.39 is 0 Å². The van der Waals surface area contributed by atoms with E-state index in [2.05, 4.69) is 37.9 Å². The van der Waals surface area contributed by atoms with Crippen molar-refractivity contribution in [2.24, 2.45) is 11.3 Å². The molecule has 0 aliphatic heterocycles. The molecule has 0 spiro atoms. The largest absolute Gasteiger partial charge is 0.491 e. The highest BCUT2D eigenvalue weighted by Gasteiger charge is 2.17. The topological polar surface area (TPSA) is 94.2 Å². The summed E-state index contributed by atoms with van der Waals surface area (Å²) >= 11 is 0. The van der Waals surface area contributed by atoms with Gasteiger partial charge in [-0.1, -0.05) is 27.7 Å². The van der Waals surface area contributed by atoms with Crippen LogP contribution in [-0.4, -0.2) is 51.8 Å². The van der Waals surface area contributed by atoms with Crippen LogP contribution < -0.4 is 15.0 Å². The van der Waals surface area contributed by atoms with Crippen LogP contribution in [-0.2, 0) is 23.9 Å². The molecule has 1 N–H and O–H groups in total. The van der Waals surface area contributed by atoms with Crippen molar-refractivity contribution < 1.29 is 28.6 Å². The summed E-state index contributed by atoms with van der Waals surface area (Å²) in [6.45, 7) is 12.2. The minimum atomic E-state index is -0.256. The summed E-state index contributed by atoms with van der Waals surface area (Å²) in [6.07, 6.45) is 3.84. The Balaban J connectivity index is 3.01. The molecule has 0 saturated heterocycles. The van der Waals surface area contributed by atoms with Crippen LogP contribution in [0.3, 0.4) is 0 Å². The molecule has 1 aromatic rings. The molecular weight excluding hydrogens is 448 g/mol. The number of methoxy groups -OCH3 is 2. The van der Waals surface area contributed by atoms with Gasteiger partial charge in [0.2, 0.25) is 5.91 Å².